The monoisotopic (exact) mass is 792 g/mol. The van der Waals surface area contributed by atoms with Crippen molar-refractivity contribution < 1.29 is 46.6 Å². The van der Waals surface area contributed by atoms with E-state index in [1.54, 1.807) is 32.9 Å². The number of alkyl halides is 3. The number of aryl methyl sites for hydroxylation is 2. The van der Waals surface area contributed by atoms with E-state index in [1.807, 2.05) is 37.4 Å². The quantitative estimate of drug-likeness (QED) is 0.178. The summed E-state index contributed by atoms with van der Waals surface area (Å²) in [7, 11) is 1.12. The molecule has 0 unspecified atom stereocenters. The molecule has 4 heterocycles. The second-order valence-corrected chi connectivity index (χ2v) is 15.7. The highest BCUT2D eigenvalue weighted by molar-refractivity contribution is 7.13. The van der Waals surface area contributed by atoms with Crippen molar-refractivity contribution in [2.75, 3.05) is 25.6 Å². The Labute approximate surface area is 326 Å². The van der Waals surface area contributed by atoms with Crippen molar-refractivity contribution in [3.8, 4) is 27.3 Å². The number of benzene rings is 2. The van der Waals surface area contributed by atoms with Gasteiger partial charge in [0.2, 0.25) is 0 Å². The molecule has 15 heteroatoms. The van der Waals surface area contributed by atoms with E-state index in [4.69, 9.17) is 14.2 Å². The van der Waals surface area contributed by atoms with Crippen LogP contribution in [0.3, 0.4) is 0 Å². The van der Waals surface area contributed by atoms with Gasteiger partial charge >= 0.3 is 18.2 Å². The van der Waals surface area contributed by atoms with Crippen LogP contribution in [0, 0.1) is 13.8 Å². The summed E-state index contributed by atoms with van der Waals surface area (Å²) in [5.74, 6) is -2.00. The number of anilines is 1. The van der Waals surface area contributed by atoms with Gasteiger partial charge in [0.15, 0.2) is 5.69 Å². The molecule has 1 saturated heterocycles. The topological polar surface area (TPSA) is 136 Å². The number of rotatable bonds is 7. The van der Waals surface area contributed by atoms with Gasteiger partial charge in [-0.15, -0.1) is 11.3 Å². The molecule has 2 aromatic carbocycles. The lowest BCUT2D eigenvalue weighted by atomic mass is 9.93. The third-order valence-corrected chi connectivity index (χ3v) is 10.6. The van der Waals surface area contributed by atoms with Crippen molar-refractivity contribution in [1.29, 1.82) is 0 Å². The molecule has 2 aliphatic heterocycles. The zero-order valence-corrected chi connectivity index (χ0v) is 32.8. The van der Waals surface area contributed by atoms with E-state index in [1.165, 1.54) is 23.5 Å². The van der Waals surface area contributed by atoms with Gasteiger partial charge in [-0.05, 0) is 112 Å². The highest BCUT2D eigenvalue weighted by Crippen LogP contribution is 2.44. The van der Waals surface area contributed by atoms with Gasteiger partial charge in [-0.1, -0.05) is 12.1 Å². The lowest BCUT2D eigenvalue weighted by molar-refractivity contribution is -0.183. The largest absolute Gasteiger partial charge is 0.493 e. The normalized spacial score (nSPS) is 15.4. The summed E-state index contributed by atoms with van der Waals surface area (Å²) in [6, 6.07) is 9.68. The Bertz CT molecular complexity index is 2170. The molecule has 56 heavy (non-hydrogen) atoms. The molecule has 0 aliphatic carbocycles. The van der Waals surface area contributed by atoms with Crippen LogP contribution in [-0.4, -0.2) is 71.8 Å². The van der Waals surface area contributed by atoms with E-state index in [0.717, 1.165) is 28.0 Å². The molecule has 4 aromatic rings. The van der Waals surface area contributed by atoms with E-state index in [0.29, 0.717) is 54.0 Å². The lowest BCUT2D eigenvalue weighted by Crippen LogP contribution is -2.51. The number of nitrogens with zero attached hydrogens (tertiary/aromatic N) is 2. The fourth-order valence-corrected chi connectivity index (χ4v) is 8.04. The average Bonchev–Trinajstić information content (AvgIpc) is 3.54. The third-order valence-electron chi connectivity index (χ3n) is 9.58. The fourth-order valence-electron chi connectivity index (χ4n) is 7.06. The maximum Gasteiger partial charge on any atom is 0.408 e. The van der Waals surface area contributed by atoms with E-state index < -0.39 is 41.7 Å². The first-order valence-electron chi connectivity index (χ1n) is 18.2. The minimum absolute atomic E-state index is 0.114. The van der Waals surface area contributed by atoms with Gasteiger partial charge in [0, 0.05) is 52.3 Å². The molecular formula is C41H43F3N4O7S. The Morgan fingerprint density at radius 3 is 2.39 bits per heavy atom. The van der Waals surface area contributed by atoms with Crippen LogP contribution in [0.25, 0.3) is 21.6 Å². The molecule has 11 nitrogen and oxygen atoms in total. The number of amides is 3. The van der Waals surface area contributed by atoms with E-state index in [9.17, 15) is 32.3 Å². The minimum Gasteiger partial charge on any atom is -0.493 e. The number of halogens is 3. The smallest absolute Gasteiger partial charge is 0.408 e. The number of fused-ring (bicyclic) bond motifs is 3. The predicted octanol–water partition coefficient (Wildman–Crippen LogP) is 8.65. The van der Waals surface area contributed by atoms with Gasteiger partial charge < -0.3 is 29.7 Å². The van der Waals surface area contributed by atoms with Crippen LogP contribution in [-0.2, 0) is 22.4 Å². The molecule has 2 aliphatic rings. The number of carbonyl (C=O) groups is 4. The van der Waals surface area contributed by atoms with E-state index >= 15 is 0 Å². The van der Waals surface area contributed by atoms with Gasteiger partial charge in [0.25, 0.3) is 11.8 Å². The predicted molar refractivity (Wildman–Crippen MR) is 205 cm³/mol. The Morgan fingerprint density at radius 1 is 0.982 bits per heavy atom. The van der Waals surface area contributed by atoms with E-state index in [-0.39, 0.29) is 47.6 Å². The van der Waals surface area contributed by atoms with Gasteiger partial charge in [-0.2, -0.15) is 13.2 Å². The van der Waals surface area contributed by atoms with Crippen molar-refractivity contribution in [1.82, 2.24) is 15.2 Å². The van der Waals surface area contributed by atoms with Gasteiger partial charge in [0.05, 0.1) is 13.7 Å². The summed E-state index contributed by atoms with van der Waals surface area (Å²) >= 11 is 1.50. The highest BCUT2D eigenvalue weighted by atomic mass is 32.1. The number of carbonyl (C=O) groups excluding carboxylic acids is 4. The van der Waals surface area contributed by atoms with Crippen LogP contribution in [0.4, 0.5) is 23.7 Å². The first-order chi connectivity index (χ1) is 26.4. The summed E-state index contributed by atoms with van der Waals surface area (Å²) in [4.78, 5) is 59.7. The molecule has 3 amide bonds. The molecule has 0 bridgehead atoms. The summed E-state index contributed by atoms with van der Waals surface area (Å²) in [6.07, 6.45) is -4.10. The first-order valence-corrected chi connectivity index (χ1v) is 19.1. The maximum absolute atomic E-state index is 14.5. The Hall–Kier alpha value is -5.44. The highest BCUT2D eigenvalue weighted by Gasteiger charge is 2.46. The summed E-state index contributed by atoms with van der Waals surface area (Å²) in [6.45, 7) is 9.39. The molecule has 296 valence electrons. The number of hydrogen-bond donors (Lipinski definition) is 2. The van der Waals surface area contributed by atoms with Crippen LogP contribution >= 0.6 is 11.3 Å². The number of pyridine rings is 1. The fraction of sp³-hybridized carbons (Fsp3) is 0.390. The second-order valence-electron chi connectivity index (χ2n) is 14.8. The zero-order valence-electron chi connectivity index (χ0n) is 31.9. The number of ether oxygens (including phenoxy) is 3. The Morgan fingerprint density at radius 2 is 1.71 bits per heavy atom. The number of alkyl carbamates (subject to hydrolysis) is 1. The Kier molecular flexibility index (Phi) is 11.5. The standard InChI is InChI=1S/C41H43F3N4O7S/c1-22-17-24(21-45-39(52)55-40(3,4)5)18-23(2)33(22)47-36(49)28-19-29-31(54-15-12-25-13-16-56-35(25)29)20-27(28)26-10-11-30(46-34(26)38(51)53-6)37(50)48-14-8-7-9-32(48)41(42,43)44/h10-11,13,16-20,32H,7-9,12,14-15,21H2,1-6H3,(H,45,52)(H,47,49)/t32-/m1/s1. The zero-order chi connectivity index (χ0) is 40.5. The van der Waals surface area contributed by atoms with Crippen LogP contribution in [0.15, 0.2) is 47.8 Å². The third kappa shape index (κ3) is 8.67. The molecule has 0 saturated carbocycles. The summed E-state index contributed by atoms with van der Waals surface area (Å²) in [5, 5.41) is 7.73. The number of nitrogens with one attached hydrogen (secondary N) is 2. The van der Waals surface area contributed by atoms with Gasteiger partial charge in [0.1, 0.15) is 23.1 Å². The van der Waals surface area contributed by atoms with Crippen LogP contribution in [0.5, 0.6) is 5.75 Å². The number of likely N-dealkylation sites (tertiary alicyclic amines) is 1. The second kappa shape index (κ2) is 16.0. The number of esters is 1. The summed E-state index contributed by atoms with van der Waals surface area (Å²) in [5.41, 5.74) is 3.57. The number of methoxy groups -OCH3 is 1. The molecule has 6 rings (SSSR count). The van der Waals surface area contributed by atoms with E-state index in [2.05, 4.69) is 15.6 Å². The molecule has 2 N–H and O–H groups in total. The maximum atomic E-state index is 14.5. The van der Waals surface area contributed by atoms with Gasteiger partial charge in [-0.25, -0.2) is 14.6 Å². The van der Waals surface area contributed by atoms with Crippen LogP contribution < -0.4 is 15.4 Å². The molecule has 1 fully saturated rings. The number of hydrogen-bond acceptors (Lipinski definition) is 9. The molecule has 0 radical (unpaired) electrons. The Balaban J connectivity index is 1.41. The molecule has 1 atom stereocenters. The molecular weight excluding hydrogens is 750 g/mol. The number of aromatic nitrogens is 1. The van der Waals surface area contributed by atoms with Crippen molar-refractivity contribution in [3.05, 3.63) is 87.0 Å². The average molecular weight is 793 g/mol. The van der Waals surface area contributed by atoms with Crippen molar-refractivity contribution in [2.45, 2.75) is 84.7 Å². The summed E-state index contributed by atoms with van der Waals surface area (Å²) < 4.78 is 58.4. The van der Waals surface area contributed by atoms with Gasteiger partial charge in [-0.3, -0.25) is 9.59 Å². The number of thiophene rings is 1. The SMILES string of the molecule is COC(=O)c1nc(C(=O)N2CCCC[C@@H]2C(F)(F)F)ccc1-c1cc2c(cc1C(=O)Nc1c(C)cc(CNC(=O)OC(C)(C)C)cc1C)-c1sccc1CCO2. The van der Waals surface area contributed by atoms with Crippen molar-refractivity contribution in [2.24, 2.45) is 0 Å². The molecule has 2 aromatic heterocycles. The van der Waals surface area contributed by atoms with Crippen LogP contribution in [0.2, 0.25) is 0 Å². The number of piperidine rings is 1. The molecule has 0 spiro atoms. The van der Waals surface area contributed by atoms with Crippen molar-refractivity contribution in [3.63, 3.8) is 0 Å². The van der Waals surface area contributed by atoms with Crippen LogP contribution in [0.1, 0.15) is 93.6 Å². The minimum atomic E-state index is -4.64. The first kappa shape index (κ1) is 40.2. The van der Waals surface area contributed by atoms with Crippen molar-refractivity contribution >= 4 is 40.9 Å². The lowest BCUT2D eigenvalue weighted by Gasteiger charge is -2.36.